The Balaban J connectivity index is 2.05. The quantitative estimate of drug-likeness (QED) is 0.637. The molecule has 0 unspecified atom stereocenters. The van der Waals surface area contributed by atoms with Gasteiger partial charge < -0.3 is 10.5 Å². The highest BCUT2D eigenvalue weighted by molar-refractivity contribution is 5.95. The average molecular weight is 290 g/mol. The van der Waals surface area contributed by atoms with Gasteiger partial charge in [-0.05, 0) is 32.0 Å². The number of hydrogen-bond donors (Lipinski definition) is 2. The van der Waals surface area contributed by atoms with Crippen molar-refractivity contribution in [3.8, 4) is 5.75 Å². The molecule has 5 heteroatoms. The van der Waals surface area contributed by atoms with Gasteiger partial charge in [-0.2, -0.15) is 0 Å². The fourth-order valence-electron chi connectivity index (χ4n) is 2.75. The first kappa shape index (κ1) is 15.8. The van der Waals surface area contributed by atoms with Crippen molar-refractivity contribution in [2.75, 3.05) is 33.3 Å². The van der Waals surface area contributed by atoms with Crippen LogP contribution in [0.1, 0.15) is 25.0 Å². The van der Waals surface area contributed by atoms with E-state index in [9.17, 15) is 0 Å². The van der Waals surface area contributed by atoms with Crippen LogP contribution in [-0.4, -0.2) is 55.0 Å². The van der Waals surface area contributed by atoms with E-state index in [1.54, 1.807) is 7.11 Å². The number of benzene rings is 1. The van der Waals surface area contributed by atoms with Gasteiger partial charge in [-0.15, -0.1) is 0 Å². The third-order valence-electron chi connectivity index (χ3n) is 4.12. The van der Waals surface area contributed by atoms with Gasteiger partial charge in [-0.1, -0.05) is 0 Å². The fraction of sp³-hybridized carbons (Fsp3) is 0.562. The van der Waals surface area contributed by atoms with Crippen molar-refractivity contribution in [2.24, 2.45) is 5.73 Å². The lowest BCUT2D eigenvalue weighted by molar-refractivity contribution is 0.103. The van der Waals surface area contributed by atoms with E-state index >= 15 is 0 Å². The highest BCUT2D eigenvalue weighted by Crippen LogP contribution is 2.22. The standard InChI is InChI=1S/C16H26N4O/c1-12(2)20-8-6-19(7-9-20)11-14-10-13(16(17)18)4-5-15(14)21-3/h4-5,10,12H,6-9,11H2,1-3H3,(H3,17,18). The van der Waals surface area contributed by atoms with Crippen molar-refractivity contribution in [2.45, 2.75) is 26.4 Å². The summed E-state index contributed by atoms with van der Waals surface area (Å²) in [6.45, 7) is 9.66. The monoisotopic (exact) mass is 290 g/mol. The van der Waals surface area contributed by atoms with Gasteiger partial charge in [0.25, 0.3) is 0 Å². The van der Waals surface area contributed by atoms with Crippen LogP contribution in [0.5, 0.6) is 5.75 Å². The number of ether oxygens (including phenoxy) is 1. The predicted octanol–water partition coefficient (Wildman–Crippen LogP) is 1.51. The summed E-state index contributed by atoms with van der Waals surface area (Å²) in [6.07, 6.45) is 0. The normalized spacial score (nSPS) is 17.1. The van der Waals surface area contributed by atoms with E-state index in [0.29, 0.717) is 6.04 Å². The van der Waals surface area contributed by atoms with E-state index < -0.39 is 0 Å². The van der Waals surface area contributed by atoms with Gasteiger partial charge in [0, 0.05) is 49.9 Å². The summed E-state index contributed by atoms with van der Waals surface area (Å²) in [7, 11) is 1.68. The van der Waals surface area contributed by atoms with Crippen molar-refractivity contribution < 1.29 is 4.74 Å². The van der Waals surface area contributed by atoms with Gasteiger partial charge in [0.2, 0.25) is 0 Å². The largest absolute Gasteiger partial charge is 0.496 e. The number of amidine groups is 1. The topological polar surface area (TPSA) is 65.6 Å². The number of piperazine rings is 1. The third-order valence-corrected chi connectivity index (χ3v) is 4.12. The molecule has 1 aliphatic rings. The Hall–Kier alpha value is -1.59. The summed E-state index contributed by atoms with van der Waals surface area (Å²) in [4.78, 5) is 4.93. The summed E-state index contributed by atoms with van der Waals surface area (Å²) in [6, 6.07) is 6.32. The molecule has 5 nitrogen and oxygen atoms in total. The maximum absolute atomic E-state index is 7.57. The molecule has 1 saturated heterocycles. The van der Waals surface area contributed by atoms with Crippen LogP contribution < -0.4 is 10.5 Å². The third kappa shape index (κ3) is 3.95. The van der Waals surface area contributed by atoms with Crippen LogP contribution in [0.15, 0.2) is 18.2 Å². The Labute approximate surface area is 127 Å². The molecule has 0 atom stereocenters. The molecule has 0 aromatic heterocycles. The lowest BCUT2D eigenvalue weighted by atomic mass is 10.1. The summed E-state index contributed by atoms with van der Waals surface area (Å²) in [5, 5.41) is 7.57. The number of rotatable bonds is 5. The summed E-state index contributed by atoms with van der Waals surface area (Å²) in [5.74, 6) is 0.967. The minimum atomic E-state index is 0.100. The van der Waals surface area contributed by atoms with Crippen molar-refractivity contribution in [1.82, 2.24) is 9.80 Å². The fourth-order valence-corrected chi connectivity index (χ4v) is 2.75. The molecule has 1 heterocycles. The minimum absolute atomic E-state index is 0.100. The number of nitrogens with one attached hydrogen (secondary N) is 1. The molecule has 1 fully saturated rings. The number of nitrogen functional groups attached to an aromatic ring is 1. The molecule has 0 spiro atoms. The van der Waals surface area contributed by atoms with E-state index in [0.717, 1.165) is 49.6 Å². The molecule has 1 aromatic rings. The smallest absolute Gasteiger partial charge is 0.123 e. The van der Waals surface area contributed by atoms with Gasteiger partial charge in [-0.25, -0.2) is 0 Å². The highest BCUT2D eigenvalue weighted by Gasteiger charge is 2.20. The number of hydrogen-bond acceptors (Lipinski definition) is 4. The molecule has 0 radical (unpaired) electrons. The molecule has 3 N–H and O–H groups in total. The summed E-state index contributed by atoms with van der Waals surface area (Å²) >= 11 is 0. The Bertz CT molecular complexity index is 493. The first-order valence-corrected chi connectivity index (χ1v) is 7.49. The van der Waals surface area contributed by atoms with Crippen molar-refractivity contribution in [3.63, 3.8) is 0 Å². The second-order valence-electron chi connectivity index (χ2n) is 5.85. The molecule has 116 valence electrons. The van der Waals surface area contributed by atoms with Crippen molar-refractivity contribution >= 4 is 5.84 Å². The van der Waals surface area contributed by atoms with Crippen LogP contribution in [0.2, 0.25) is 0 Å². The number of nitrogens with two attached hydrogens (primary N) is 1. The van der Waals surface area contributed by atoms with Gasteiger partial charge in [-0.3, -0.25) is 15.2 Å². The van der Waals surface area contributed by atoms with Gasteiger partial charge in [0.15, 0.2) is 0 Å². The zero-order valence-corrected chi connectivity index (χ0v) is 13.2. The second-order valence-corrected chi connectivity index (χ2v) is 5.85. The van der Waals surface area contributed by atoms with E-state index in [1.165, 1.54) is 0 Å². The zero-order valence-electron chi connectivity index (χ0n) is 13.2. The molecule has 1 aromatic carbocycles. The lowest BCUT2D eigenvalue weighted by Gasteiger charge is -2.37. The Morgan fingerprint density at radius 3 is 2.48 bits per heavy atom. The Morgan fingerprint density at radius 1 is 1.29 bits per heavy atom. The van der Waals surface area contributed by atoms with Crippen LogP contribution in [0.25, 0.3) is 0 Å². The van der Waals surface area contributed by atoms with Gasteiger partial charge in [0.1, 0.15) is 11.6 Å². The van der Waals surface area contributed by atoms with Crippen molar-refractivity contribution in [1.29, 1.82) is 5.41 Å². The van der Waals surface area contributed by atoms with Gasteiger partial charge in [0.05, 0.1) is 7.11 Å². The molecule has 2 rings (SSSR count). The lowest BCUT2D eigenvalue weighted by Crippen LogP contribution is -2.48. The molecular formula is C16H26N4O. The number of methoxy groups -OCH3 is 1. The second kappa shape index (κ2) is 6.91. The van der Waals surface area contributed by atoms with Crippen LogP contribution in [0.4, 0.5) is 0 Å². The predicted molar refractivity (Wildman–Crippen MR) is 86.0 cm³/mol. The molecular weight excluding hydrogens is 264 g/mol. The molecule has 0 bridgehead atoms. The molecule has 0 aliphatic carbocycles. The molecule has 21 heavy (non-hydrogen) atoms. The zero-order chi connectivity index (χ0) is 15.4. The maximum atomic E-state index is 7.57. The maximum Gasteiger partial charge on any atom is 0.123 e. The Kier molecular flexibility index (Phi) is 5.20. The SMILES string of the molecule is COc1ccc(C(=N)N)cc1CN1CCN(C(C)C)CC1. The van der Waals surface area contributed by atoms with Gasteiger partial charge >= 0.3 is 0 Å². The average Bonchev–Trinajstić information content (AvgIpc) is 2.47. The molecule has 0 saturated carbocycles. The highest BCUT2D eigenvalue weighted by atomic mass is 16.5. The van der Waals surface area contributed by atoms with E-state index in [2.05, 4.69) is 23.6 Å². The first-order chi connectivity index (χ1) is 10.0. The van der Waals surface area contributed by atoms with Crippen LogP contribution in [-0.2, 0) is 6.54 Å². The Morgan fingerprint density at radius 2 is 1.95 bits per heavy atom. The summed E-state index contributed by atoms with van der Waals surface area (Å²) < 4.78 is 5.43. The molecule has 1 aliphatic heterocycles. The van der Waals surface area contributed by atoms with Crippen LogP contribution >= 0.6 is 0 Å². The van der Waals surface area contributed by atoms with E-state index in [-0.39, 0.29) is 5.84 Å². The van der Waals surface area contributed by atoms with Crippen molar-refractivity contribution in [3.05, 3.63) is 29.3 Å². The minimum Gasteiger partial charge on any atom is -0.496 e. The summed E-state index contributed by atoms with van der Waals surface area (Å²) in [5.41, 5.74) is 7.44. The van der Waals surface area contributed by atoms with E-state index in [4.69, 9.17) is 15.9 Å². The van der Waals surface area contributed by atoms with Crippen LogP contribution in [0, 0.1) is 5.41 Å². The van der Waals surface area contributed by atoms with Crippen LogP contribution in [0.3, 0.4) is 0 Å². The first-order valence-electron chi connectivity index (χ1n) is 7.49. The number of nitrogens with zero attached hydrogens (tertiary/aromatic N) is 2. The van der Waals surface area contributed by atoms with E-state index in [1.807, 2.05) is 18.2 Å². The molecule has 0 amide bonds.